The number of carbonyl (C=O) groups excluding carboxylic acids is 1. The molecule has 0 bridgehead atoms. The second-order valence-electron chi connectivity index (χ2n) is 6.60. The molecule has 0 saturated carbocycles. The summed E-state index contributed by atoms with van der Waals surface area (Å²) in [5.41, 5.74) is -1.30. The highest BCUT2D eigenvalue weighted by Gasteiger charge is 2.36. The van der Waals surface area contributed by atoms with Gasteiger partial charge < -0.3 is 15.2 Å². The molecule has 0 spiro atoms. The van der Waals surface area contributed by atoms with Gasteiger partial charge in [-0.05, 0) is 40.7 Å². The SMILES string of the molecule is CC(C)(C)OC=O.CC1(O)CNCCC1n1cc([N+](=O)[O-])cn1. The van der Waals surface area contributed by atoms with Crippen molar-refractivity contribution >= 4 is 12.2 Å². The normalized spacial score (nSPS) is 24.3. The highest BCUT2D eigenvalue weighted by molar-refractivity contribution is 5.37. The molecule has 0 amide bonds. The van der Waals surface area contributed by atoms with Gasteiger partial charge in [0.15, 0.2) is 0 Å². The number of rotatable bonds is 3. The maximum absolute atomic E-state index is 10.5. The van der Waals surface area contributed by atoms with E-state index in [4.69, 9.17) is 0 Å². The van der Waals surface area contributed by atoms with Crippen molar-refractivity contribution in [1.82, 2.24) is 15.1 Å². The second-order valence-corrected chi connectivity index (χ2v) is 6.60. The highest BCUT2D eigenvalue weighted by Crippen LogP contribution is 2.28. The number of carbonyl (C=O) groups is 1. The monoisotopic (exact) mass is 328 g/mol. The Bertz CT molecular complexity index is 536. The maximum Gasteiger partial charge on any atom is 0.307 e. The molecule has 1 saturated heterocycles. The van der Waals surface area contributed by atoms with Crippen LogP contribution in [-0.2, 0) is 9.53 Å². The van der Waals surface area contributed by atoms with E-state index in [1.807, 2.05) is 20.8 Å². The Morgan fingerprint density at radius 1 is 1.61 bits per heavy atom. The van der Waals surface area contributed by atoms with Gasteiger partial charge in [0.1, 0.15) is 18.0 Å². The Hall–Kier alpha value is -2.00. The van der Waals surface area contributed by atoms with E-state index >= 15 is 0 Å². The van der Waals surface area contributed by atoms with E-state index in [1.54, 1.807) is 6.92 Å². The van der Waals surface area contributed by atoms with E-state index in [-0.39, 0.29) is 17.3 Å². The second kappa shape index (κ2) is 7.51. The molecule has 0 aromatic carbocycles. The minimum absolute atomic E-state index is 0.0469. The number of β-amino-alcohol motifs (C(OH)–C–C–N with tert-alkyl or cyclic N) is 1. The van der Waals surface area contributed by atoms with Gasteiger partial charge in [-0.2, -0.15) is 5.10 Å². The highest BCUT2D eigenvalue weighted by atomic mass is 16.6. The summed E-state index contributed by atoms with van der Waals surface area (Å²) in [5.74, 6) is 0. The summed E-state index contributed by atoms with van der Waals surface area (Å²) in [6.07, 6.45) is 3.27. The molecular weight excluding hydrogens is 304 g/mol. The Balaban J connectivity index is 0.000000322. The summed E-state index contributed by atoms with van der Waals surface area (Å²) in [7, 11) is 0. The number of ether oxygens (including phenoxy) is 1. The number of nitrogens with zero attached hydrogens (tertiary/aromatic N) is 3. The zero-order chi connectivity index (χ0) is 17.7. The number of aromatic nitrogens is 2. The number of hydrogen-bond acceptors (Lipinski definition) is 7. The first-order chi connectivity index (χ1) is 10.6. The molecule has 9 nitrogen and oxygen atoms in total. The van der Waals surface area contributed by atoms with Crippen molar-refractivity contribution in [2.75, 3.05) is 13.1 Å². The Morgan fingerprint density at radius 3 is 2.65 bits per heavy atom. The standard InChI is InChI=1S/C9H14N4O3.C5H10O2/c1-9(14)6-10-3-2-8(9)12-5-7(4-11-12)13(15)16;1-5(2,3)7-4-6/h4-5,8,10,14H,2-3,6H2,1H3;4H,1-3H3. The van der Waals surface area contributed by atoms with Gasteiger partial charge in [-0.25, -0.2) is 0 Å². The topological polar surface area (TPSA) is 120 Å². The quantitative estimate of drug-likeness (QED) is 0.483. The van der Waals surface area contributed by atoms with Crippen LogP contribution in [0.15, 0.2) is 12.4 Å². The number of aliphatic hydroxyl groups is 1. The first-order valence-electron chi connectivity index (χ1n) is 7.30. The van der Waals surface area contributed by atoms with Crippen LogP contribution < -0.4 is 5.32 Å². The predicted octanol–water partition coefficient (Wildman–Crippen LogP) is 1.03. The van der Waals surface area contributed by atoms with E-state index in [1.165, 1.54) is 17.1 Å². The average molecular weight is 328 g/mol. The lowest BCUT2D eigenvalue weighted by Gasteiger charge is -2.37. The third kappa shape index (κ3) is 5.95. The minimum atomic E-state index is -0.932. The maximum atomic E-state index is 10.5. The summed E-state index contributed by atoms with van der Waals surface area (Å²) >= 11 is 0. The Labute approximate surface area is 134 Å². The summed E-state index contributed by atoms with van der Waals surface area (Å²) in [6.45, 7) is 8.86. The lowest BCUT2D eigenvalue weighted by Crippen LogP contribution is -2.50. The minimum Gasteiger partial charge on any atom is -0.462 e. The van der Waals surface area contributed by atoms with Gasteiger partial charge in [0.2, 0.25) is 0 Å². The van der Waals surface area contributed by atoms with E-state index in [0.29, 0.717) is 19.4 Å². The van der Waals surface area contributed by atoms with Crippen LogP contribution >= 0.6 is 0 Å². The van der Waals surface area contributed by atoms with Crippen molar-refractivity contribution in [2.24, 2.45) is 0 Å². The van der Waals surface area contributed by atoms with Gasteiger partial charge in [-0.15, -0.1) is 0 Å². The Morgan fingerprint density at radius 2 is 2.26 bits per heavy atom. The van der Waals surface area contributed by atoms with Crippen molar-refractivity contribution in [1.29, 1.82) is 0 Å². The molecule has 1 aromatic heterocycles. The molecular formula is C14H24N4O5. The summed E-state index contributed by atoms with van der Waals surface area (Å²) in [6, 6.07) is -0.220. The third-order valence-corrected chi connectivity index (χ3v) is 3.32. The summed E-state index contributed by atoms with van der Waals surface area (Å²) in [5, 5.41) is 27.7. The van der Waals surface area contributed by atoms with Gasteiger partial charge in [0, 0.05) is 6.54 Å². The van der Waals surface area contributed by atoms with Crippen molar-refractivity contribution in [3.05, 3.63) is 22.5 Å². The summed E-state index contributed by atoms with van der Waals surface area (Å²) in [4.78, 5) is 19.6. The van der Waals surface area contributed by atoms with Gasteiger partial charge in [0.25, 0.3) is 6.47 Å². The molecule has 2 unspecified atom stereocenters. The zero-order valence-electron chi connectivity index (χ0n) is 13.9. The molecule has 1 aliphatic rings. The smallest absolute Gasteiger partial charge is 0.307 e. The van der Waals surface area contributed by atoms with Crippen LogP contribution in [0.2, 0.25) is 0 Å². The van der Waals surface area contributed by atoms with Crippen molar-refractivity contribution in [2.45, 2.75) is 51.4 Å². The largest absolute Gasteiger partial charge is 0.462 e. The molecule has 2 rings (SSSR count). The molecule has 0 radical (unpaired) electrons. The van der Waals surface area contributed by atoms with Crippen LogP contribution in [0.1, 0.15) is 40.2 Å². The fourth-order valence-electron chi connectivity index (χ4n) is 2.16. The first-order valence-corrected chi connectivity index (χ1v) is 7.30. The molecule has 2 N–H and O–H groups in total. The molecule has 1 aliphatic heterocycles. The fourth-order valence-corrected chi connectivity index (χ4v) is 2.16. The van der Waals surface area contributed by atoms with E-state index in [2.05, 4.69) is 15.2 Å². The molecule has 9 heteroatoms. The van der Waals surface area contributed by atoms with Crippen molar-refractivity contribution in [3.63, 3.8) is 0 Å². The summed E-state index contributed by atoms with van der Waals surface area (Å²) < 4.78 is 6.03. The van der Waals surface area contributed by atoms with Crippen LogP contribution in [0.3, 0.4) is 0 Å². The van der Waals surface area contributed by atoms with Crippen molar-refractivity contribution < 1.29 is 19.6 Å². The van der Waals surface area contributed by atoms with Crippen LogP contribution in [-0.4, -0.2) is 50.6 Å². The molecule has 23 heavy (non-hydrogen) atoms. The van der Waals surface area contributed by atoms with Gasteiger partial charge in [-0.3, -0.25) is 19.6 Å². The lowest BCUT2D eigenvalue weighted by molar-refractivity contribution is -0.385. The number of hydrogen-bond donors (Lipinski definition) is 2. The van der Waals surface area contributed by atoms with E-state index in [0.717, 1.165) is 6.54 Å². The third-order valence-electron chi connectivity index (χ3n) is 3.32. The number of nitro groups is 1. The van der Waals surface area contributed by atoms with Gasteiger partial charge in [-0.1, -0.05) is 0 Å². The van der Waals surface area contributed by atoms with Crippen LogP contribution in [0, 0.1) is 10.1 Å². The Kier molecular flexibility index (Phi) is 6.22. The predicted molar refractivity (Wildman–Crippen MR) is 82.9 cm³/mol. The lowest BCUT2D eigenvalue weighted by atomic mass is 9.90. The molecule has 2 heterocycles. The van der Waals surface area contributed by atoms with Crippen LogP contribution in [0.25, 0.3) is 0 Å². The van der Waals surface area contributed by atoms with Gasteiger partial charge in [0.05, 0.1) is 16.6 Å². The fraction of sp³-hybridized carbons (Fsp3) is 0.714. The van der Waals surface area contributed by atoms with Gasteiger partial charge >= 0.3 is 5.69 Å². The molecule has 1 fully saturated rings. The zero-order valence-corrected chi connectivity index (χ0v) is 13.9. The van der Waals surface area contributed by atoms with Crippen LogP contribution in [0.4, 0.5) is 5.69 Å². The van der Waals surface area contributed by atoms with E-state index in [9.17, 15) is 20.0 Å². The molecule has 2 atom stereocenters. The molecule has 1 aromatic rings. The van der Waals surface area contributed by atoms with Crippen LogP contribution in [0.5, 0.6) is 0 Å². The molecule has 0 aliphatic carbocycles. The number of piperidine rings is 1. The van der Waals surface area contributed by atoms with Crippen molar-refractivity contribution in [3.8, 4) is 0 Å². The average Bonchev–Trinajstić information content (AvgIpc) is 2.87. The first kappa shape index (κ1) is 19.0. The molecule has 130 valence electrons. The van der Waals surface area contributed by atoms with E-state index < -0.39 is 10.5 Å². The number of nitrogens with one attached hydrogen (secondary N) is 1.